The largest absolute Gasteiger partial charge is 0.461 e. The lowest BCUT2D eigenvalue weighted by molar-refractivity contribution is -0.284. The summed E-state index contributed by atoms with van der Waals surface area (Å²) in [5.74, 6) is -3.40. The normalized spacial score (nSPS) is 43.3. The molecule has 12 nitrogen and oxygen atoms in total. The number of nitrogens with one attached hydrogen (secondary N) is 1. The first-order valence-corrected chi connectivity index (χ1v) is 14.9. The monoisotopic (exact) mass is 583 g/mol. The fraction of sp³-hybridized carbons (Fsp3) is 0.897. The summed E-state index contributed by atoms with van der Waals surface area (Å²) in [6.45, 7) is 8.21. The molecule has 2 amide bonds. The van der Waals surface area contributed by atoms with Crippen molar-refractivity contribution in [3.8, 4) is 0 Å². The van der Waals surface area contributed by atoms with Crippen molar-refractivity contribution in [1.82, 2.24) is 15.1 Å². The third kappa shape index (κ3) is 6.01. The van der Waals surface area contributed by atoms with Crippen molar-refractivity contribution >= 4 is 17.8 Å². The highest BCUT2D eigenvalue weighted by Crippen LogP contribution is 2.53. The Balaban J connectivity index is 1.78. The molecule has 0 aliphatic carbocycles. The summed E-state index contributed by atoms with van der Waals surface area (Å²) in [4.78, 5) is 43.0. The fourth-order valence-electron chi connectivity index (χ4n) is 7.34. The van der Waals surface area contributed by atoms with Gasteiger partial charge in [0, 0.05) is 38.8 Å². The molecule has 10 atom stereocenters. The van der Waals surface area contributed by atoms with Gasteiger partial charge in [0.2, 0.25) is 11.8 Å². The standard InChI is InChI=1S/C29H49N3O9/c1-16-13-28(36)24(41-27-29(28,37)21(31(5)6)12-17(2)39-27)18(3)23(40-26(35)20-8-10-38-11-9-20)19(4)25(34)30-14-22(33)32(7)15-16/h16-21,23-24,27,36-37H,8-15H2,1-7H3,(H,30,34)/t16-,17-,18+,19-,21+,23+,24-,27+,28-,29-/m1/s1. The van der Waals surface area contributed by atoms with Gasteiger partial charge in [-0.2, -0.15) is 0 Å². The Morgan fingerprint density at radius 1 is 1.10 bits per heavy atom. The Kier molecular flexibility index (Phi) is 9.72. The number of likely N-dealkylation sites (N-methyl/N-ethyl adjacent to an activating group) is 2. The van der Waals surface area contributed by atoms with Crippen LogP contribution in [0.5, 0.6) is 0 Å². The van der Waals surface area contributed by atoms with Crippen molar-refractivity contribution in [2.45, 2.75) is 95.2 Å². The van der Waals surface area contributed by atoms with E-state index in [-0.39, 0.29) is 36.8 Å². The van der Waals surface area contributed by atoms with Gasteiger partial charge in [-0.1, -0.05) is 20.8 Å². The molecule has 234 valence electrons. The smallest absolute Gasteiger partial charge is 0.309 e. The molecule has 4 heterocycles. The van der Waals surface area contributed by atoms with E-state index in [0.29, 0.717) is 39.0 Å². The van der Waals surface area contributed by atoms with Gasteiger partial charge in [-0.15, -0.1) is 0 Å². The Labute approximate surface area is 243 Å². The van der Waals surface area contributed by atoms with Crippen LogP contribution in [0.1, 0.15) is 53.4 Å². The number of carbonyl (C=O) groups excluding carboxylic acids is 3. The summed E-state index contributed by atoms with van der Waals surface area (Å²) < 4.78 is 24.1. The number of aliphatic hydroxyl groups is 2. The molecule has 3 N–H and O–H groups in total. The maximum Gasteiger partial charge on any atom is 0.309 e. The second kappa shape index (κ2) is 12.4. The van der Waals surface area contributed by atoms with Crippen molar-refractivity contribution in [1.29, 1.82) is 0 Å². The Hall–Kier alpha value is -1.83. The fourth-order valence-corrected chi connectivity index (χ4v) is 7.34. The molecular weight excluding hydrogens is 534 g/mol. The van der Waals surface area contributed by atoms with Crippen LogP contribution in [0.3, 0.4) is 0 Å². The van der Waals surface area contributed by atoms with Gasteiger partial charge >= 0.3 is 5.97 Å². The van der Waals surface area contributed by atoms with Gasteiger partial charge in [0.25, 0.3) is 0 Å². The number of carbonyl (C=O) groups is 3. The molecule has 0 spiro atoms. The summed E-state index contributed by atoms with van der Waals surface area (Å²) in [6.07, 6.45) is -1.87. The van der Waals surface area contributed by atoms with E-state index < -0.39 is 59.5 Å². The highest BCUT2D eigenvalue weighted by Gasteiger charge is 2.73. The minimum atomic E-state index is -1.86. The van der Waals surface area contributed by atoms with Crippen LogP contribution in [0.15, 0.2) is 0 Å². The molecule has 0 aromatic carbocycles. The second-order valence-corrected chi connectivity index (χ2v) is 13.0. The van der Waals surface area contributed by atoms with E-state index in [2.05, 4.69) is 5.32 Å². The topological polar surface area (TPSA) is 147 Å². The van der Waals surface area contributed by atoms with Crippen LogP contribution in [0.25, 0.3) is 0 Å². The lowest BCUT2D eigenvalue weighted by atomic mass is 9.66. The Morgan fingerprint density at radius 3 is 2.39 bits per heavy atom. The van der Waals surface area contributed by atoms with Crippen molar-refractivity contribution in [3.05, 3.63) is 0 Å². The predicted molar refractivity (Wildman–Crippen MR) is 147 cm³/mol. The number of esters is 1. The summed E-state index contributed by atoms with van der Waals surface area (Å²) >= 11 is 0. The number of hydrogen-bond donors (Lipinski definition) is 3. The molecule has 41 heavy (non-hydrogen) atoms. The third-order valence-corrected chi connectivity index (χ3v) is 9.63. The number of ether oxygens (including phenoxy) is 4. The van der Waals surface area contributed by atoms with Gasteiger partial charge in [0.15, 0.2) is 11.9 Å². The SMILES string of the molecule is C[C@H]1CN(C)C(=O)CNC(=O)[C@H](C)[C@@H](OC(=O)C2CCOCC2)[C@H](C)[C@H]2O[C@@H]3O[C@H](C)C[C@H](N(C)C)[C@]3(O)[C@@]2(O)C1. The summed E-state index contributed by atoms with van der Waals surface area (Å²) in [5, 5.41) is 27.9. The van der Waals surface area contributed by atoms with Crippen LogP contribution in [-0.4, -0.2) is 127 Å². The molecule has 4 aliphatic heterocycles. The first-order chi connectivity index (χ1) is 19.2. The predicted octanol–water partition coefficient (Wildman–Crippen LogP) is 0.138. The van der Waals surface area contributed by atoms with Crippen molar-refractivity contribution in [3.63, 3.8) is 0 Å². The zero-order valence-corrected chi connectivity index (χ0v) is 25.5. The Morgan fingerprint density at radius 2 is 1.76 bits per heavy atom. The van der Waals surface area contributed by atoms with Crippen LogP contribution in [0, 0.1) is 23.7 Å². The molecule has 0 aromatic rings. The first kappa shape index (κ1) is 32.1. The highest BCUT2D eigenvalue weighted by atomic mass is 16.7. The van der Waals surface area contributed by atoms with Crippen LogP contribution in [0.2, 0.25) is 0 Å². The number of rotatable bonds is 3. The van der Waals surface area contributed by atoms with E-state index in [1.165, 1.54) is 4.90 Å². The molecule has 12 heteroatoms. The maximum atomic E-state index is 13.4. The molecule has 4 rings (SSSR count). The van der Waals surface area contributed by atoms with E-state index in [1.54, 1.807) is 20.9 Å². The third-order valence-electron chi connectivity index (χ3n) is 9.63. The minimum absolute atomic E-state index is 0.0884. The van der Waals surface area contributed by atoms with E-state index in [9.17, 15) is 24.6 Å². The molecule has 0 saturated carbocycles. The number of nitrogens with zero attached hydrogens (tertiary/aromatic N) is 2. The molecule has 4 aliphatic rings. The molecule has 0 radical (unpaired) electrons. The molecule has 4 saturated heterocycles. The second-order valence-electron chi connectivity index (χ2n) is 13.0. The van der Waals surface area contributed by atoms with Crippen molar-refractivity contribution in [2.75, 3.05) is 47.4 Å². The average Bonchev–Trinajstić information content (AvgIpc) is 3.14. The minimum Gasteiger partial charge on any atom is -0.461 e. The van der Waals surface area contributed by atoms with Crippen LogP contribution in [0.4, 0.5) is 0 Å². The van der Waals surface area contributed by atoms with Crippen LogP contribution >= 0.6 is 0 Å². The zero-order valence-electron chi connectivity index (χ0n) is 25.5. The summed E-state index contributed by atoms with van der Waals surface area (Å²) in [7, 11) is 5.34. The number of amides is 2. The van der Waals surface area contributed by atoms with Gasteiger partial charge in [-0.25, -0.2) is 0 Å². The number of fused-ring (bicyclic) bond motifs is 3. The molecule has 0 unspecified atom stereocenters. The highest BCUT2D eigenvalue weighted by molar-refractivity contribution is 5.86. The van der Waals surface area contributed by atoms with Gasteiger partial charge in [-0.05, 0) is 52.6 Å². The first-order valence-electron chi connectivity index (χ1n) is 14.9. The maximum absolute atomic E-state index is 13.4. The van der Waals surface area contributed by atoms with Crippen molar-refractivity contribution in [2.24, 2.45) is 23.7 Å². The Bertz CT molecular complexity index is 975. The van der Waals surface area contributed by atoms with Gasteiger partial charge < -0.3 is 44.3 Å². The van der Waals surface area contributed by atoms with E-state index >= 15 is 0 Å². The average molecular weight is 584 g/mol. The summed E-state index contributed by atoms with van der Waals surface area (Å²) in [6, 6.07) is -0.510. The molecule has 4 fully saturated rings. The zero-order chi connectivity index (χ0) is 30.3. The summed E-state index contributed by atoms with van der Waals surface area (Å²) in [5.41, 5.74) is -3.69. The lowest BCUT2D eigenvalue weighted by Gasteiger charge is -2.52. The molecular formula is C29H49N3O9. The van der Waals surface area contributed by atoms with E-state index in [4.69, 9.17) is 18.9 Å². The van der Waals surface area contributed by atoms with Gasteiger partial charge in [0.1, 0.15) is 11.7 Å². The quantitative estimate of drug-likeness (QED) is 0.392. The van der Waals surface area contributed by atoms with E-state index in [0.717, 1.165) is 0 Å². The van der Waals surface area contributed by atoms with Gasteiger partial charge in [-0.3, -0.25) is 14.4 Å². The molecule has 0 aromatic heterocycles. The number of hydrogen-bond acceptors (Lipinski definition) is 10. The van der Waals surface area contributed by atoms with Crippen LogP contribution < -0.4 is 5.32 Å². The van der Waals surface area contributed by atoms with E-state index in [1.807, 2.05) is 32.8 Å². The molecule has 0 bridgehead atoms. The van der Waals surface area contributed by atoms with Gasteiger partial charge in [0.05, 0.1) is 30.6 Å². The van der Waals surface area contributed by atoms with Crippen LogP contribution in [-0.2, 0) is 33.3 Å². The lowest BCUT2D eigenvalue weighted by Crippen LogP contribution is -2.72. The van der Waals surface area contributed by atoms with Crippen molar-refractivity contribution < 1.29 is 43.5 Å².